The highest BCUT2D eigenvalue weighted by Crippen LogP contribution is 2.33. The van der Waals surface area contributed by atoms with Gasteiger partial charge in [0.15, 0.2) is 0 Å². The van der Waals surface area contributed by atoms with Gasteiger partial charge in [-0.1, -0.05) is 42.0 Å². The van der Waals surface area contributed by atoms with Crippen LogP contribution < -0.4 is 0 Å². The van der Waals surface area contributed by atoms with Crippen molar-refractivity contribution in [2.45, 2.75) is 26.2 Å². The molecule has 1 fully saturated rings. The topological polar surface area (TPSA) is 17.1 Å². The number of Topliss-reactive ketones (excluding diaryl/α,β-unsaturated/α-hetero) is 1. The van der Waals surface area contributed by atoms with Crippen LogP contribution in [-0.2, 0) is 4.79 Å². The highest BCUT2D eigenvalue weighted by molar-refractivity contribution is 5.83. The Bertz CT molecular complexity index is 376. The van der Waals surface area contributed by atoms with Gasteiger partial charge in [-0.25, -0.2) is 0 Å². The first kappa shape index (κ1) is 10.2. The molecule has 0 bridgehead atoms. The second-order valence-corrected chi connectivity index (χ2v) is 4.19. The van der Waals surface area contributed by atoms with Gasteiger partial charge in [0.25, 0.3) is 0 Å². The maximum Gasteiger partial charge on any atom is 0.136 e. The summed E-state index contributed by atoms with van der Waals surface area (Å²) < 4.78 is 0. The second kappa shape index (κ2) is 4.43. The van der Waals surface area contributed by atoms with E-state index in [1.54, 1.807) is 6.92 Å². The van der Waals surface area contributed by atoms with Gasteiger partial charge in [-0.3, -0.25) is 4.79 Å². The second-order valence-electron chi connectivity index (χ2n) is 4.19. The molecule has 0 aliphatic heterocycles. The van der Waals surface area contributed by atoms with Crippen LogP contribution in [0.3, 0.4) is 0 Å². The van der Waals surface area contributed by atoms with E-state index < -0.39 is 0 Å². The average molecular weight is 200 g/mol. The summed E-state index contributed by atoms with van der Waals surface area (Å²) in [6.45, 7) is 1.70. The minimum absolute atomic E-state index is 0.185. The maximum atomic E-state index is 11.4. The monoisotopic (exact) mass is 200 g/mol. The number of rotatable bonds is 2. The van der Waals surface area contributed by atoms with Gasteiger partial charge in [-0.15, -0.1) is 0 Å². The van der Waals surface area contributed by atoms with Crippen molar-refractivity contribution in [2.75, 3.05) is 0 Å². The van der Waals surface area contributed by atoms with Crippen LogP contribution in [0.5, 0.6) is 0 Å². The Morgan fingerprint density at radius 1 is 1.33 bits per heavy atom. The Kier molecular flexibility index (Phi) is 3.00. The normalized spacial score (nSPS) is 23.3. The quantitative estimate of drug-likeness (QED) is 0.714. The summed E-state index contributed by atoms with van der Waals surface area (Å²) in [5.41, 5.74) is 2.52. The van der Waals surface area contributed by atoms with E-state index in [0.29, 0.717) is 5.78 Å². The van der Waals surface area contributed by atoms with Crippen LogP contribution in [0.15, 0.2) is 35.9 Å². The number of hydrogen-bond acceptors (Lipinski definition) is 1. The molecular formula is C14H16O. The zero-order valence-electron chi connectivity index (χ0n) is 9.07. The Balaban J connectivity index is 2.23. The third-order valence-corrected chi connectivity index (χ3v) is 3.05. The van der Waals surface area contributed by atoms with Gasteiger partial charge in [0, 0.05) is 5.92 Å². The number of benzene rings is 1. The van der Waals surface area contributed by atoms with E-state index in [4.69, 9.17) is 0 Å². The summed E-state index contributed by atoms with van der Waals surface area (Å²) in [7, 11) is 0. The van der Waals surface area contributed by atoms with Crippen LogP contribution in [0, 0.1) is 5.92 Å². The third-order valence-electron chi connectivity index (χ3n) is 3.05. The molecule has 0 aromatic heterocycles. The van der Waals surface area contributed by atoms with Crippen molar-refractivity contribution < 1.29 is 4.79 Å². The predicted molar refractivity (Wildman–Crippen MR) is 62.4 cm³/mol. The lowest BCUT2D eigenvalue weighted by molar-refractivity contribution is -0.119. The van der Waals surface area contributed by atoms with E-state index in [1.165, 1.54) is 11.1 Å². The molecule has 78 valence electrons. The van der Waals surface area contributed by atoms with Crippen molar-refractivity contribution in [2.24, 2.45) is 5.92 Å². The molecule has 0 saturated heterocycles. The first-order valence-electron chi connectivity index (χ1n) is 5.53. The van der Waals surface area contributed by atoms with Gasteiger partial charge < -0.3 is 0 Å². The van der Waals surface area contributed by atoms with Crippen molar-refractivity contribution >= 4 is 11.9 Å². The molecule has 1 aliphatic carbocycles. The van der Waals surface area contributed by atoms with Gasteiger partial charge in [-0.05, 0) is 31.7 Å². The lowest BCUT2D eigenvalue weighted by Crippen LogP contribution is -2.07. The van der Waals surface area contributed by atoms with Crippen LogP contribution in [-0.4, -0.2) is 5.78 Å². The van der Waals surface area contributed by atoms with Gasteiger partial charge in [0.1, 0.15) is 5.78 Å². The van der Waals surface area contributed by atoms with E-state index >= 15 is 0 Å². The highest BCUT2D eigenvalue weighted by atomic mass is 16.1. The molecule has 0 amide bonds. The van der Waals surface area contributed by atoms with E-state index in [1.807, 2.05) is 18.2 Å². The fraction of sp³-hybridized carbons (Fsp3) is 0.357. The van der Waals surface area contributed by atoms with E-state index in [-0.39, 0.29) is 5.92 Å². The Morgan fingerprint density at radius 3 is 2.73 bits per heavy atom. The lowest BCUT2D eigenvalue weighted by Gasteiger charge is -2.07. The molecule has 1 heteroatoms. The van der Waals surface area contributed by atoms with Gasteiger partial charge in [-0.2, -0.15) is 0 Å². The molecule has 1 aliphatic rings. The van der Waals surface area contributed by atoms with Crippen molar-refractivity contribution in [3.8, 4) is 0 Å². The number of allylic oxidation sites excluding steroid dienone is 1. The molecule has 15 heavy (non-hydrogen) atoms. The number of carbonyl (C=O) groups excluding carboxylic acids is 1. The first-order valence-corrected chi connectivity index (χ1v) is 5.53. The number of hydrogen-bond donors (Lipinski definition) is 0. The standard InChI is InChI=1S/C14H16O/c1-11(15)14-9-5-8-13(14)10-12-6-3-2-4-7-12/h2-4,6-7,10,14H,5,8-9H2,1H3/b13-10-. The van der Waals surface area contributed by atoms with Crippen molar-refractivity contribution in [3.05, 3.63) is 41.5 Å². The minimum Gasteiger partial charge on any atom is -0.299 e. The van der Waals surface area contributed by atoms with E-state index in [2.05, 4.69) is 18.2 Å². The lowest BCUT2D eigenvalue weighted by atomic mass is 9.97. The third kappa shape index (κ3) is 2.35. The van der Waals surface area contributed by atoms with Crippen LogP contribution in [0.1, 0.15) is 31.7 Å². The summed E-state index contributed by atoms with van der Waals surface area (Å²) in [5.74, 6) is 0.500. The summed E-state index contributed by atoms with van der Waals surface area (Å²) in [4.78, 5) is 11.4. The molecule has 1 unspecified atom stereocenters. The number of ketones is 1. The molecule has 1 atom stereocenters. The zero-order chi connectivity index (χ0) is 10.7. The van der Waals surface area contributed by atoms with Crippen molar-refractivity contribution in [3.63, 3.8) is 0 Å². The molecule has 0 spiro atoms. The molecule has 1 saturated carbocycles. The van der Waals surface area contributed by atoms with E-state index in [9.17, 15) is 4.79 Å². The van der Waals surface area contributed by atoms with E-state index in [0.717, 1.165) is 19.3 Å². The minimum atomic E-state index is 0.185. The fourth-order valence-corrected chi connectivity index (χ4v) is 2.27. The SMILES string of the molecule is CC(=O)C1CCC/C1=C/c1ccccc1. The largest absolute Gasteiger partial charge is 0.299 e. The predicted octanol–water partition coefficient (Wildman–Crippen LogP) is 3.46. The molecule has 0 N–H and O–H groups in total. The van der Waals surface area contributed by atoms with Crippen LogP contribution in [0.2, 0.25) is 0 Å². The Hall–Kier alpha value is -1.37. The Morgan fingerprint density at radius 2 is 2.07 bits per heavy atom. The van der Waals surface area contributed by atoms with Crippen molar-refractivity contribution in [1.29, 1.82) is 0 Å². The van der Waals surface area contributed by atoms with Crippen LogP contribution in [0.4, 0.5) is 0 Å². The highest BCUT2D eigenvalue weighted by Gasteiger charge is 2.24. The van der Waals surface area contributed by atoms with Gasteiger partial charge in [0.2, 0.25) is 0 Å². The smallest absolute Gasteiger partial charge is 0.136 e. The van der Waals surface area contributed by atoms with Crippen LogP contribution >= 0.6 is 0 Å². The molecule has 0 heterocycles. The van der Waals surface area contributed by atoms with Gasteiger partial charge in [0.05, 0.1) is 0 Å². The number of carbonyl (C=O) groups is 1. The molecule has 1 aromatic carbocycles. The van der Waals surface area contributed by atoms with Crippen molar-refractivity contribution in [1.82, 2.24) is 0 Å². The molecule has 2 rings (SSSR count). The summed E-state index contributed by atoms with van der Waals surface area (Å²) in [5, 5.41) is 0. The summed E-state index contributed by atoms with van der Waals surface area (Å²) in [6.07, 6.45) is 5.45. The Labute approximate surface area is 90.8 Å². The average Bonchev–Trinajstić information content (AvgIpc) is 2.67. The molecule has 0 radical (unpaired) electrons. The summed E-state index contributed by atoms with van der Waals surface area (Å²) >= 11 is 0. The fourth-order valence-electron chi connectivity index (χ4n) is 2.27. The zero-order valence-corrected chi connectivity index (χ0v) is 9.07. The van der Waals surface area contributed by atoms with Crippen LogP contribution in [0.25, 0.3) is 6.08 Å². The maximum absolute atomic E-state index is 11.4. The first-order chi connectivity index (χ1) is 7.27. The molecular weight excluding hydrogens is 184 g/mol. The summed E-state index contributed by atoms with van der Waals surface area (Å²) in [6, 6.07) is 10.2. The van der Waals surface area contributed by atoms with Gasteiger partial charge >= 0.3 is 0 Å². The molecule has 1 aromatic rings. The molecule has 1 nitrogen and oxygen atoms in total.